The third-order valence-corrected chi connectivity index (χ3v) is 5.97. The van der Waals surface area contributed by atoms with Crippen LogP contribution >= 0.6 is 12.2 Å². The maximum Gasteiger partial charge on any atom is 0.238 e. The molecule has 1 heterocycles. The first kappa shape index (κ1) is 22.0. The van der Waals surface area contributed by atoms with Gasteiger partial charge in [0.1, 0.15) is 0 Å². The molecule has 2 N–H and O–H groups in total. The van der Waals surface area contributed by atoms with Crippen molar-refractivity contribution >= 4 is 34.6 Å². The highest BCUT2D eigenvalue weighted by Crippen LogP contribution is 2.27. The standard InChI is InChI=1S/C26H28N4OS/c1-29-16-18-30(19-17-29)23-15-9-8-14-22(23)27-26(32)28-25(31)24(20-10-4-2-5-11-20)21-12-6-3-7-13-21/h2-15,24H,16-19H2,1H3,(H2,27,28,31,32). The first-order valence-electron chi connectivity index (χ1n) is 10.9. The van der Waals surface area contributed by atoms with E-state index >= 15 is 0 Å². The van der Waals surface area contributed by atoms with E-state index in [1.807, 2.05) is 78.9 Å². The number of nitrogens with zero attached hydrogens (tertiary/aromatic N) is 2. The van der Waals surface area contributed by atoms with Crippen molar-refractivity contribution in [3.8, 4) is 0 Å². The molecule has 4 rings (SSSR count). The fourth-order valence-electron chi connectivity index (χ4n) is 4.03. The summed E-state index contributed by atoms with van der Waals surface area (Å²) in [4.78, 5) is 18.0. The van der Waals surface area contributed by atoms with Crippen molar-refractivity contribution in [1.82, 2.24) is 10.2 Å². The largest absolute Gasteiger partial charge is 0.367 e. The highest BCUT2D eigenvalue weighted by Gasteiger charge is 2.24. The van der Waals surface area contributed by atoms with Gasteiger partial charge in [0.05, 0.1) is 17.3 Å². The van der Waals surface area contributed by atoms with Gasteiger partial charge in [0, 0.05) is 26.2 Å². The minimum Gasteiger partial charge on any atom is -0.367 e. The molecule has 0 aromatic heterocycles. The molecule has 1 amide bonds. The van der Waals surface area contributed by atoms with Crippen molar-refractivity contribution in [2.75, 3.05) is 43.4 Å². The van der Waals surface area contributed by atoms with Gasteiger partial charge >= 0.3 is 0 Å². The van der Waals surface area contributed by atoms with Crippen molar-refractivity contribution < 1.29 is 4.79 Å². The third-order valence-electron chi connectivity index (χ3n) is 5.76. The Morgan fingerprint density at radius 3 is 1.94 bits per heavy atom. The van der Waals surface area contributed by atoms with Crippen LogP contribution in [-0.2, 0) is 4.79 Å². The number of para-hydroxylation sites is 2. The number of thiocarbonyl (C=S) groups is 1. The molecule has 0 spiro atoms. The van der Waals surface area contributed by atoms with E-state index in [-0.39, 0.29) is 5.91 Å². The summed E-state index contributed by atoms with van der Waals surface area (Å²) in [6.45, 7) is 3.95. The molecule has 3 aromatic carbocycles. The zero-order chi connectivity index (χ0) is 22.3. The Hall–Kier alpha value is -3.22. The van der Waals surface area contributed by atoms with Gasteiger partial charge in [0.2, 0.25) is 5.91 Å². The second-order valence-corrected chi connectivity index (χ2v) is 8.41. The minimum atomic E-state index is -0.440. The number of amides is 1. The van der Waals surface area contributed by atoms with E-state index in [0.717, 1.165) is 48.7 Å². The topological polar surface area (TPSA) is 47.6 Å². The highest BCUT2D eigenvalue weighted by molar-refractivity contribution is 7.80. The average molecular weight is 445 g/mol. The second-order valence-electron chi connectivity index (χ2n) is 8.01. The molecule has 1 aliphatic rings. The van der Waals surface area contributed by atoms with E-state index < -0.39 is 5.92 Å². The van der Waals surface area contributed by atoms with Crippen LogP contribution in [0.25, 0.3) is 0 Å². The molecule has 0 atom stereocenters. The Balaban J connectivity index is 1.49. The molecule has 0 unspecified atom stereocenters. The van der Waals surface area contributed by atoms with Gasteiger partial charge < -0.3 is 20.4 Å². The number of carbonyl (C=O) groups excluding carboxylic acids is 1. The molecule has 1 aliphatic heterocycles. The molecule has 3 aromatic rings. The lowest BCUT2D eigenvalue weighted by molar-refractivity contribution is -0.120. The number of hydrogen-bond acceptors (Lipinski definition) is 4. The van der Waals surface area contributed by atoms with Crippen LogP contribution in [0.15, 0.2) is 84.9 Å². The van der Waals surface area contributed by atoms with Gasteiger partial charge in [-0.25, -0.2) is 0 Å². The Morgan fingerprint density at radius 2 is 1.34 bits per heavy atom. The van der Waals surface area contributed by atoms with Crippen molar-refractivity contribution in [1.29, 1.82) is 0 Å². The molecule has 5 nitrogen and oxygen atoms in total. The summed E-state index contributed by atoms with van der Waals surface area (Å²) >= 11 is 5.54. The van der Waals surface area contributed by atoms with Crippen LogP contribution in [0.2, 0.25) is 0 Å². The number of nitrogens with one attached hydrogen (secondary N) is 2. The van der Waals surface area contributed by atoms with Gasteiger partial charge in [-0.3, -0.25) is 4.79 Å². The monoisotopic (exact) mass is 444 g/mol. The number of carbonyl (C=O) groups is 1. The molecule has 1 fully saturated rings. The predicted octanol–water partition coefficient (Wildman–Crippen LogP) is 4.08. The summed E-state index contributed by atoms with van der Waals surface area (Å²) in [6, 6.07) is 27.7. The van der Waals surface area contributed by atoms with Crippen LogP contribution in [0.3, 0.4) is 0 Å². The van der Waals surface area contributed by atoms with Gasteiger partial charge in [0.15, 0.2) is 5.11 Å². The summed E-state index contributed by atoms with van der Waals surface area (Å²) in [7, 11) is 2.14. The van der Waals surface area contributed by atoms with Crippen molar-refractivity contribution in [2.45, 2.75) is 5.92 Å². The Kier molecular flexibility index (Phi) is 7.14. The van der Waals surface area contributed by atoms with E-state index in [2.05, 4.69) is 33.5 Å². The lowest BCUT2D eigenvalue weighted by Crippen LogP contribution is -2.45. The van der Waals surface area contributed by atoms with Gasteiger partial charge in [-0.05, 0) is 42.5 Å². The molecule has 32 heavy (non-hydrogen) atoms. The fraction of sp³-hybridized carbons (Fsp3) is 0.231. The van der Waals surface area contributed by atoms with E-state index in [1.54, 1.807) is 0 Å². The Labute approximate surface area is 195 Å². The maximum absolute atomic E-state index is 13.3. The van der Waals surface area contributed by atoms with E-state index in [0.29, 0.717) is 5.11 Å². The predicted molar refractivity (Wildman–Crippen MR) is 135 cm³/mol. The van der Waals surface area contributed by atoms with Gasteiger partial charge in [-0.2, -0.15) is 0 Å². The molecular weight excluding hydrogens is 416 g/mol. The third kappa shape index (κ3) is 5.33. The van der Waals surface area contributed by atoms with Crippen molar-refractivity contribution in [2.24, 2.45) is 0 Å². The molecule has 0 bridgehead atoms. The molecule has 0 radical (unpaired) electrons. The van der Waals surface area contributed by atoms with E-state index in [4.69, 9.17) is 12.2 Å². The van der Waals surface area contributed by atoms with Crippen LogP contribution in [-0.4, -0.2) is 49.1 Å². The zero-order valence-corrected chi connectivity index (χ0v) is 19.0. The maximum atomic E-state index is 13.3. The molecule has 1 saturated heterocycles. The van der Waals surface area contributed by atoms with E-state index in [9.17, 15) is 4.79 Å². The summed E-state index contributed by atoms with van der Waals surface area (Å²) in [5.41, 5.74) is 3.85. The van der Waals surface area contributed by atoms with Crippen LogP contribution in [0.1, 0.15) is 17.0 Å². The van der Waals surface area contributed by atoms with Gasteiger partial charge in [-0.1, -0.05) is 72.8 Å². The summed E-state index contributed by atoms with van der Waals surface area (Å²) < 4.78 is 0. The number of rotatable bonds is 5. The second kappa shape index (κ2) is 10.4. The number of anilines is 2. The first-order chi connectivity index (χ1) is 15.6. The van der Waals surface area contributed by atoms with Crippen LogP contribution < -0.4 is 15.5 Å². The Morgan fingerprint density at radius 1 is 0.812 bits per heavy atom. The molecular formula is C26H28N4OS. The molecule has 0 aliphatic carbocycles. The van der Waals surface area contributed by atoms with Gasteiger partial charge in [-0.15, -0.1) is 0 Å². The fourth-order valence-corrected chi connectivity index (χ4v) is 4.24. The number of piperazine rings is 1. The summed E-state index contributed by atoms with van der Waals surface area (Å²) in [6.07, 6.45) is 0. The normalized spacial score (nSPS) is 14.2. The van der Waals surface area contributed by atoms with Crippen molar-refractivity contribution in [3.05, 3.63) is 96.1 Å². The average Bonchev–Trinajstić information content (AvgIpc) is 2.81. The highest BCUT2D eigenvalue weighted by atomic mass is 32.1. The quantitative estimate of drug-likeness (QED) is 0.581. The van der Waals surface area contributed by atoms with Crippen LogP contribution in [0.4, 0.5) is 11.4 Å². The lowest BCUT2D eigenvalue weighted by Gasteiger charge is -2.35. The first-order valence-corrected chi connectivity index (χ1v) is 11.3. The summed E-state index contributed by atoms with van der Waals surface area (Å²) in [5, 5.41) is 6.47. The van der Waals surface area contributed by atoms with Crippen LogP contribution in [0, 0.1) is 0 Å². The molecule has 6 heteroatoms. The smallest absolute Gasteiger partial charge is 0.238 e. The molecule has 164 valence electrons. The molecule has 0 saturated carbocycles. The van der Waals surface area contributed by atoms with Crippen molar-refractivity contribution in [3.63, 3.8) is 0 Å². The van der Waals surface area contributed by atoms with Crippen LogP contribution in [0.5, 0.6) is 0 Å². The van der Waals surface area contributed by atoms with Gasteiger partial charge in [0.25, 0.3) is 0 Å². The number of hydrogen-bond donors (Lipinski definition) is 2. The summed E-state index contributed by atoms with van der Waals surface area (Å²) in [5.74, 6) is -0.595. The van der Waals surface area contributed by atoms with E-state index in [1.165, 1.54) is 0 Å². The Bertz CT molecular complexity index is 1010. The zero-order valence-electron chi connectivity index (χ0n) is 18.2. The minimum absolute atomic E-state index is 0.156. The number of benzene rings is 3. The SMILES string of the molecule is CN1CCN(c2ccccc2NC(=S)NC(=O)C(c2ccccc2)c2ccccc2)CC1. The number of likely N-dealkylation sites (N-methyl/N-ethyl adjacent to an activating group) is 1. The lowest BCUT2D eigenvalue weighted by atomic mass is 9.90.